The Bertz CT molecular complexity index is 1270. The number of benzene rings is 3. The molecule has 0 bridgehead atoms. The van der Waals surface area contributed by atoms with Crippen LogP contribution < -0.4 is 9.47 Å². The van der Waals surface area contributed by atoms with Crippen molar-refractivity contribution in [1.82, 2.24) is 4.31 Å². The first-order valence-corrected chi connectivity index (χ1v) is 12.8. The molecular formula is C27H29NO6S. The van der Waals surface area contributed by atoms with Gasteiger partial charge in [-0.1, -0.05) is 48.0 Å². The summed E-state index contributed by atoms with van der Waals surface area (Å²) in [5.74, 6) is 0.685. The van der Waals surface area contributed by atoms with Gasteiger partial charge in [-0.2, -0.15) is 4.31 Å². The molecule has 0 spiro atoms. The molecule has 3 aromatic carbocycles. The molecule has 1 heterocycles. The lowest BCUT2D eigenvalue weighted by Crippen LogP contribution is -2.43. The van der Waals surface area contributed by atoms with E-state index in [0.717, 1.165) is 11.1 Å². The van der Waals surface area contributed by atoms with Crippen LogP contribution in [0.15, 0.2) is 77.7 Å². The van der Waals surface area contributed by atoms with Crippen LogP contribution in [0, 0.1) is 6.92 Å². The number of hydrogen-bond acceptors (Lipinski definition) is 6. The molecule has 1 aliphatic heterocycles. The van der Waals surface area contributed by atoms with E-state index in [1.54, 1.807) is 42.5 Å². The Morgan fingerprint density at radius 1 is 0.971 bits per heavy atom. The van der Waals surface area contributed by atoms with Crippen LogP contribution in [-0.4, -0.2) is 51.6 Å². The second-order valence-electron chi connectivity index (χ2n) is 8.48. The second kappa shape index (κ2) is 10.6. The van der Waals surface area contributed by atoms with Crippen LogP contribution >= 0.6 is 0 Å². The normalized spacial score (nSPS) is 18.4. The van der Waals surface area contributed by atoms with Crippen LogP contribution in [0.25, 0.3) is 0 Å². The van der Waals surface area contributed by atoms with Gasteiger partial charge in [0.25, 0.3) is 0 Å². The van der Waals surface area contributed by atoms with Crippen molar-refractivity contribution in [2.75, 3.05) is 20.8 Å². The minimum absolute atomic E-state index is 0.119. The maximum atomic E-state index is 13.8. The third kappa shape index (κ3) is 5.40. The summed E-state index contributed by atoms with van der Waals surface area (Å²) in [5.41, 5.74) is 2.35. The number of carbonyl (C=O) groups excluding carboxylic acids is 1. The molecule has 0 radical (unpaired) electrons. The summed E-state index contributed by atoms with van der Waals surface area (Å²) in [5, 5.41) is 0. The van der Waals surface area contributed by atoms with Crippen LogP contribution in [0.4, 0.5) is 0 Å². The summed E-state index contributed by atoms with van der Waals surface area (Å²) in [6.45, 7) is 2.10. The average molecular weight is 496 g/mol. The Hall–Kier alpha value is -3.20. The number of rotatable bonds is 9. The standard InChI is InChI=1S/C27H29NO6S/c1-19-9-12-23(13-10-19)35(30,31)28-22(15-20-7-5-4-6-8-20)18-34-27(28)17-24(29)21-11-14-25(32-2)26(16-21)33-3/h4-14,16,22,27H,15,17-18H2,1-3H3/t22-,27-/m0/s1. The molecule has 2 atom stereocenters. The highest BCUT2D eigenvalue weighted by Gasteiger charge is 2.44. The Balaban J connectivity index is 1.64. The van der Waals surface area contributed by atoms with E-state index < -0.39 is 22.3 Å². The SMILES string of the molecule is COc1ccc(C(=O)C[C@@H]2OC[C@H](Cc3ccccc3)N2S(=O)(=O)c2ccc(C)cc2)cc1OC. The van der Waals surface area contributed by atoms with E-state index in [-0.39, 0.29) is 23.7 Å². The van der Waals surface area contributed by atoms with Crippen molar-refractivity contribution in [3.05, 3.63) is 89.5 Å². The van der Waals surface area contributed by atoms with Gasteiger partial charge in [-0.05, 0) is 49.2 Å². The summed E-state index contributed by atoms with van der Waals surface area (Å²) in [6.07, 6.45) is -0.561. The molecule has 0 aliphatic carbocycles. The number of sulfonamides is 1. The maximum Gasteiger partial charge on any atom is 0.245 e. The highest BCUT2D eigenvalue weighted by atomic mass is 32.2. The van der Waals surface area contributed by atoms with E-state index in [4.69, 9.17) is 14.2 Å². The molecule has 4 rings (SSSR count). The van der Waals surface area contributed by atoms with E-state index in [1.807, 2.05) is 37.3 Å². The minimum Gasteiger partial charge on any atom is -0.493 e. The third-order valence-corrected chi connectivity index (χ3v) is 8.06. The Labute approximate surface area is 206 Å². The Morgan fingerprint density at radius 3 is 2.31 bits per heavy atom. The molecule has 0 unspecified atom stereocenters. The second-order valence-corrected chi connectivity index (χ2v) is 10.3. The van der Waals surface area contributed by atoms with E-state index >= 15 is 0 Å². The minimum atomic E-state index is -3.91. The van der Waals surface area contributed by atoms with Gasteiger partial charge in [-0.3, -0.25) is 4.79 Å². The van der Waals surface area contributed by atoms with E-state index in [9.17, 15) is 13.2 Å². The molecule has 0 saturated carbocycles. The number of nitrogens with zero attached hydrogens (tertiary/aromatic N) is 1. The van der Waals surface area contributed by atoms with Crippen LogP contribution in [0.5, 0.6) is 11.5 Å². The zero-order valence-corrected chi connectivity index (χ0v) is 20.8. The highest BCUT2D eigenvalue weighted by Crippen LogP contribution is 2.32. The van der Waals surface area contributed by atoms with Gasteiger partial charge in [-0.15, -0.1) is 0 Å². The van der Waals surface area contributed by atoms with Crippen molar-refractivity contribution in [2.45, 2.75) is 36.9 Å². The largest absolute Gasteiger partial charge is 0.493 e. The van der Waals surface area contributed by atoms with Crippen molar-refractivity contribution >= 4 is 15.8 Å². The van der Waals surface area contributed by atoms with Crippen LogP contribution in [0.2, 0.25) is 0 Å². The van der Waals surface area contributed by atoms with Gasteiger partial charge >= 0.3 is 0 Å². The first kappa shape index (κ1) is 24.9. The molecule has 184 valence electrons. The lowest BCUT2D eigenvalue weighted by molar-refractivity contribution is 0.0538. The fraction of sp³-hybridized carbons (Fsp3) is 0.296. The molecule has 8 heteroatoms. The van der Waals surface area contributed by atoms with Crippen molar-refractivity contribution in [1.29, 1.82) is 0 Å². The maximum absolute atomic E-state index is 13.8. The molecule has 0 aromatic heterocycles. The van der Waals surface area contributed by atoms with Crippen molar-refractivity contribution in [3.63, 3.8) is 0 Å². The van der Waals surface area contributed by atoms with Gasteiger partial charge in [0, 0.05) is 5.56 Å². The fourth-order valence-electron chi connectivity index (χ4n) is 4.26. The summed E-state index contributed by atoms with van der Waals surface area (Å²) >= 11 is 0. The molecule has 7 nitrogen and oxygen atoms in total. The van der Waals surface area contributed by atoms with E-state index in [2.05, 4.69) is 0 Å². The average Bonchev–Trinajstić information content (AvgIpc) is 3.26. The molecular weight excluding hydrogens is 466 g/mol. The summed E-state index contributed by atoms with van der Waals surface area (Å²) in [4.78, 5) is 13.4. The van der Waals surface area contributed by atoms with Crippen LogP contribution in [-0.2, 0) is 21.2 Å². The third-order valence-electron chi connectivity index (χ3n) is 6.10. The smallest absolute Gasteiger partial charge is 0.245 e. The van der Waals surface area contributed by atoms with Gasteiger partial charge in [-0.25, -0.2) is 8.42 Å². The monoisotopic (exact) mass is 495 g/mol. The molecule has 0 N–H and O–H groups in total. The van der Waals surface area contributed by atoms with Crippen molar-refractivity contribution in [2.24, 2.45) is 0 Å². The summed E-state index contributed by atoms with van der Waals surface area (Å²) < 4.78 is 45.4. The molecule has 0 amide bonds. The van der Waals surface area contributed by atoms with Gasteiger partial charge in [0.05, 0.1) is 38.2 Å². The van der Waals surface area contributed by atoms with Crippen LogP contribution in [0.1, 0.15) is 27.9 Å². The topological polar surface area (TPSA) is 82.1 Å². The van der Waals surface area contributed by atoms with Gasteiger partial charge in [0.2, 0.25) is 10.0 Å². The van der Waals surface area contributed by atoms with Crippen molar-refractivity contribution < 1.29 is 27.4 Å². The van der Waals surface area contributed by atoms with Gasteiger partial charge < -0.3 is 14.2 Å². The number of hydrogen-bond donors (Lipinski definition) is 0. The van der Waals surface area contributed by atoms with Crippen molar-refractivity contribution in [3.8, 4) is 11.5 Å². The van der Waals surface area contributed by atoms with Crippen LogP contribution in [0.3, 0.4) is 0 Å². The molecule has 3 aromatic rings. The first-order valence-electron chi connectivity index (χ1n) is 11.3. The predicted molar refractivity (Wildman–Crippen MR) is 132 cm³/mol. The quantitative estimate of drug-likeness (QED) is 0.413. The lowest BCUT2D eigenvalue weighted by Gasteiger charge is -2.27. The Morgan fingerprint density at radius 2 is 1.66 bits per heavy atom. The highest BCUT2D eigenvalue weighted by molar-refractivity contribution is 7.89. The summed E-state index contributed by atoms with van der Waals surface area (Å²) in [7, 11) is -0.897. The van der Waals surface area contributed by atoms with Gasteiger partial charge in [0.1, 0.15) is 6.23 Å². The number of Topliss-reactive ketones (excluding diaryl/α,β-unsaturated/α-hetero) is 1. The van der Waals surface area contributed by atoms with Gasteiger partial charge in [0.15, 0.2) is 17.3 Å². The molecule has 1 aliphatic rings. The number of ether oxygens (including phenoxy) is 3. The number of carbonyl (C=O) groups is 1. The lowest BCUT2D eigenvalue weighted by atomic mass is 10.1. The number of methoxy groups -OCH3 is 2. The molecule has 35 heavy (non-hydrogen) atoms. The van der Waals surface area contributed by atoms with E-state index in [1.165, 1.54) is 18.5 Å². The predicted octanol–water partition coefficient (Wildman–Crippen LogP) is 4.24. The summed E-state index contributed by atoms with van der Waals surface area (Å²) in [6, 6.07) is 20.8. The zero-order chi connectivity index (χ0) is 25.0. The number of aryl methyl sites for hydroxylation is 1. The molecule has 1 saturated heterocycles. The van der Waals surface area contributed by atoms with E-state index in [0.29, 0.717) is 23.5 Å². The Kier molecular flexibility index (Phi) is 7.54. The zero-order valence-electron chi connectivity index (χ0n) is 20.0. The fourth-order valence-corrected chi connectivity index (χ4v) is 5.95. The first-order chi connectivity index (χ1) is 16.8. The molecule has 1 fully saturated rings. The number of ketones is 1.